The summed E-state index contributed by atoms with van der Waals surface area (Å²) in [5, 5.41) is 7.52. The summed E-state index contributed by atoms with van der Waals surface area (Å²) in [6.07, 6.45) is 3.06. The molecule has 0 atom stereocenters. The molecule has 6 nitrogen and oxygen atoms in total. The van der Waals surface area contributed by atoms with Crippen LogP contribution in [0.2, 0.25) is 10.0 Å². The molecule has 2 heterocycles. The molecular formula is C17H13Cl2N3O3. The lowest BCUT2D eigenvalue weighted by Crippen LogP contribution is -2.13. The van der Waals surface area contributed by atoms with Gasteiger partial charge in [-0.1, -0.05) is 23.2 Å². The van der Waals surface area contributed by atoms with Crippen LogP contribution >= 0.6 is 23.2 Å². The summed E-state index contributed by atoms with van der Waals surface area (Å²) >= 11 is 12.0. The second kappa shape index (κ2) is 7.13. The smallest absolute Gasteiger partial charge is 0.341 e. The van der Waals surface area contributed by atoms with E-state index in [0.29, 0.717) is 26.8 Å². The van der Waals surface area contributed by atoms with Gasteiger partial charge in [0.25, 0.3) is 5.91 Å². The Kier molecular flexibility index (Phi) is 4.92. The van der Waals surface area contributed by atoms with Gasteiger partial charge in [0, 0.05) is 16.9 Å². The Morgan fingerprint density at radius 2 is 2.00 bits per heavy atom. The number of carbonyl (C=O) groups excluding carboxylic acids is 2. The number of ether oxygens (including phenoxy) is 1. The number of esters is 1. The van der Waals surface area contributed by atoms with Gasteiger partial charge >= 0.3 is 5.97 Å². The highest BCUT2D eigenvalue weighted by molar-refractivity contribution is 6.36. The first-order chi connectivity index (χ1) is 12.0. The fraction of sp³-hybridized carbons (Fsp3) is 0.118. The summed E-state index contributed by atoms with van der Waals surface area (Å²) in [7, 11) is 0. The fourth-order valence-electron chi connectivity index (χ4n) is 2.29. The van der Waals surface area contributed by atoms with Gasteiger partial charge in [0.05, 0.1) is 28.9 Å². The Labute approximate surface area is 153 Å². The van der Waals surface area contributed by atoms with Gasteiger partial charge in [-0.25, -0.2) is 9.31 Å². The van der Waals surface area contributed by atoms with Gasteiger partial charge in [0.1, 0.15) is 5.56 Å². The van der Waals surface area contributed by atoms with E-state index in [1.165, 1.54) is 16.8 Å². The van der Waals surface area contributed by atoms with E-state index in [-0.39, 0.29) is 12.2 Å². The molecule has 3 rings (SSSR count). The maximum absolute atomic E-state index is 12.4. The van der Waals surface area contributed by atoms with E-state index in [1.807, 2.05) is 0 Å². The van der Waals surface area contributed by atoms with Gasteiger partial charge in [-0.05, 0) is 37.3 Å². The first-order valence-electron chi connectivity index (χ1n) is 7.40. The van der Waals surface area contributed by atoms with Crippen LogP contribution in [0.5, 0.6) is 0 Å². The van der Waals surface area contributed by atoms with E-state index >= 15 is 0 Å². The number of carbonyl (C=O) groups is 2. The second-order valence-corrected chi connectivity index (χ2v) is 5.95. The monoisotopic (exact) mass is 377 g/mol. The summed E-state index contributed by atoms with van der Waals surface area (Å²) in [5.41, 5.74) is 1.58. The molecule has 0 fully saturated rings. The highest BCUT2D eigenvalue weighted by atomic mass is 35.5. The largest absolute Gasteiger partial charge is 0.462 e. The van der Waals surface area contributed by atoms with E-state index in [9.17, 15) is 9.59 Å². The lowest BCUT2D eigenvalue weighted by atomic mass is 10.2. The zero-order valence-electron chi connectivity index (χ0n) is 13.1. The number of aromatic nitrogens is 2. The van der Waals surface area contributed by atoms with Gasteiger partial charge in [-0.2, -0.15) is 5.10 Å². The van der Waals surface area contributed by atoms with Crippen LogP contribution in [0.3, 0.4) is 0 Å². The third-order valence-corrected chi connectivity index (χ3v) is 4.01. The Morgan fingerprint density at radius 1 is 1.20 bits per heavy atom. The van der Waals surface area contributed by atoms with E-state index in [4.69, 9.17) is 27.9 Å². The number of nitrogens with zero attached hydrogens (tertiary/aromatic N) is 2. The number of hydrogen-bond donors (Lipinski definition) is 1. The number of anilines is 1. The van der Waals surface area contributed by atoms with Gasteiger partial charge in [-0.3, -0.25) is 4.79 Å². The summed E-state index contributed by atoms with van der Waals surface area (Å²) in [4.78, 5) is 24.4. The molecule has 0 unspecified atom stereocenters. The van der Waals surface area contributed by atoms with Crippen molar-refractivity contribution in [1.82, 2.24) is 9.61 Å². The van der Waals surface area contributed by atoms with Crippen LogP contribution < -0.4 is 5.32 Å². The molecule has 8 heteroatoms. The van der Waals surface area contributed by atoms with Crippen LogP contribution in [0, 0.1) is 0 Å². The molecular weight excluding hydrogens is 365 g/mol. The van der Waals surface area contributed by atoms with Crippen molar-refractivity contribution in [3.05, 3.63) is 63.9 Å². The third kappa shape index (κ3) is 3.60. The highest BCUT2D eigenvalue weighted by Crippen LogP contribution is 2.23. The van der Waals surface area contributed by atoms with Crippen molar-refractivity contribution in [3.63, 3.8) is 0 Å². The van der Waals surface area contributed by atoms with Gasteiger partial charge in [0.15, 0.2) is 0 Å². The van der Waals surface area contributed by atoms with Crippen LogP contribution in [0.4, 0.5) is 5.69 Å². The van der Waals surface area contributed by atoms with Crippen LogP contribution in [0.1, 0.15) is 27.6 Å². The Hall–Kier alpha value is -2.57. The first-order valence-corrected chi connectivity index (χ1v) is 8.16. The van der Waals surface area contributed by atoms with Crippen LogP contribution in [0.15, 0.2) is 42.7 Å². The topological polar surface area (TPSA) is 72.7 Å². The molecule has 0 saturated carbocycles. The summed E-state index contributed by atoms with van der Waals surface area (Å²) in [5.74, 6) is -0.882. The van der Waals surface area contributed by atoms with Gasteiger partial charge in [0.2, 0.25) is 0 Å². The predicted molar refractivity (Wildman–Crippen MR) is 95.6 cm³/mol. The molecule has 128 valence electrons. The molecule has 1 amide bonds. The molecule has 0 bridgehead atoms. The number of pyridine rings is 1. The van der Waals surface area contributed by atoms with Crippen molar-refractivity contribution in [1.29, 1.82) is 0 Å². The van der Waals surface area contributed by atoms with E-state index < -0.39 is 11.9 Å². The molecule has 0 spiro atoms. The molecule has 2 aromatic heterocycles. The van der Waals surface area contributed by atoms with E-state index in [1.54, 1.807) is 37.4 Å². The fourth-order valence-corrected chi connectivity index (χ4v) is 2.67. The maximum Gasteiger partial charge on any atom is 0.341 e. The average molecular weight is 378 g/mol. The highest BCUT2D eigenvalue weighted by Gasteiger charge is 2.16. The normalized spacial score (nSPS) is 10.7. The zero-order valence-corrected chi connectivity index (χ0v) is 14.6. The van der Waals surface area contributed by atoms with E-state index in [0.717, 1.165) is 0 Å². The van der Waals surface area contributed by atoms with Crippen LogP contribution in [-0.4, -0.2) is 28.1 Å². The number of nitrogens with one attached hydrogen (secondary N) is 1. The predicted octanol–water partition coefficient (Wildman–Crippen LogP) is 4.07. The third-order valence-electron chi connectivity index (χ3n) is 3.45. The van der Waals surface area contributed by atoms with Crippen LogP contribution in [0.25, 0.3) is 5.52 Å². The van der Waals surface area contributed by atoms with E-state index in [2.05, 4.69) is 10.4 Å². The molecule has 0 aliphatic rings. The Morgan fingerprint density at radius 3 is 2.76 bits per heavy atom. The van der Waals surface area contributed by atoms with Gasteiger partial charge < -0.3 is 10.1 Å². The van der Waals surface area contributed by atoms with Crippen molar-refractivity contribution in [2.75, 3.05) is 11.9 Å². The molecule has 0 aliphatic heterocycles. The zero-order chi connectivity index (χ0) is 18.0. The number of benzene rings is 1. The number of rotatable bonds is 4. The summed E-state index contributed by atoms with van der Waals surface area (Å²) in [6, 6.07) is 7.93. The maximum atomic E-state index is 12.4. The van der Waals surface area contributed by atoms with Crippen molar-refractivity contribution in [2.24, 2.45) is 0 Å². The first kappa shape index (κ1) is 17.3. The van der Waals surface area contributed by atoms with Crippen LogP contribution in [-0.2, 0) is 4.74 Å². The number of halogens is 2. The minimum atomic E-state index is -0.473. The molecule has 3 aromatic rings. The number of amides is 1. The second-order valence-electron chi connectivity index (χ2n) is 5.10. The lowest BCUT2D eigenvalue weighted by Gasteiger charge is -2.08. The molecule has 0 radical (unpaired) electrons. The molecule has 0 saturated heterocycles. The van der Waals surface area contributed by atoms with Crippen molar-refractivity contribution in [2.45, 2.75) is 6.92 Å². The lowest BCUT2D eigenvalue weighted by molar-refractivity contribution is 0.0528. The molecule has 0 aliphatic carbocycles. The summed E-state index contributed by atoms with van der Waals surface area (Å²) in [6.45, 7) is 1.99. The minimum Gasteiger partial charge on any atom is -0.462 e. The average Bonchev–Trinajstić information content (AvgIpc) is 3.00. The number of fused-ring (bicyclic) bond motifs is 1. The minimum absolute atomic E-state index is 0.258. The molecule has 1 N–H and O–H groups in total. The van der Waals surface area contributed by atoms with Crippen molar-refractivity contribution < 1.29 is 14.3 Å². The standard InChI is InChI=1S/C17H13Cl2N3O3/c1-2-25-17(24)13-9-20-22-6-5-11(8-15(13)22)21-16(23)12-7-10(18)3-4-14(12)19/h3-9H,2H2,1H3,(H,21,23). The number of hydrogen-bond acceptors (Lipinski definition) is 4. The Balaban J connectivity index is 1.91. The van der Waals surface area contributed by atoms with Crippen molar-refractivity contribution in [3.8, 4) is 0 Å². The van der Waals surface area contributed by atoms with Gasteiger partial charge in [-0.15, -0.1) is 0 Å². The quantitative estimate of drug-likeness (QED) is 0.695. The van der Waals surface area contributed by atoms with Crippen molar-refractivity contribution >= 4 is 46.3 Å². The molecule has 1 aromatic carbocycles. The molecule has 25 heavy (non-hydrogen) atoms. The SMILES string of the molecule is CCOC(=O)c1cnn2ccc(NC(=O)c3cc(Cl)ccc3Cl)cc12. The Bertz CT molecular complexity index is 969. The summed E-state index contributed by atoms with van der Waals surface area (Å²) < 4.78 is 6.52.